The number of hydrogen-bond acceptors (Lipinski definition) is 6. The van der Waals surface area contributed by atoms with Gasteiger partial charge >= 0.3 is 21.7 Å². The van der Waals surface area contributed by atoms with Gasteiger partial charge in [-0.3, -0.25) is 4.68 Å². The number of aromatic nitrogens is 2. The maximum Gasteiger partial charge on any atom is 0.534 e. The lowest BCUT2D eigenvalue weighted by molar-refractivity contribution is -0.0501. The molecule has 2 aromatic rings. The van der Waals surface area contributed by atoms with Crippen LogP contribution in [0.2, 0.25) is 0 Å². The first-order chi connectivity index (χ1) is 14.8. The number of hydrogen-bond donors (Lipinski definition) is 0. The van der Waals surface area contributed by atoms with Crippen LogP contribution in [0.3, 0.4) is 0 Å². The molecule has 3 rings (SSSR count). The van der Waals surface area contributed by atoms with Crippen molar-refractivity contribution in [3.63, 3.8) is 0 Å². The summed E-state index contributed by atoms with van der Waals surface area (Å²) < 4.78 is 73.1. The summed E-state index contributed by atoms with van der Waals surface area (Å²) in [7, 11) is -5.89. The van der Waals surface area contributed by atoms with E-state index >= 15 is 0 Å². The van der Waals surface area contributed by atoms with Gasteiger partial charge in [0.25, 0.3) is 5.88 Å². The van der Waals surface area contributed by atoms with Crippen molar-refractivity contribution in [3.05, 3.63) is 47.2 Å². The molecule has 0 N–H and O–H groups in total. The molecule has 0 aliphatic carbocycles. The molecule has 1 aromatic heterocycles. The van der Waals surface area contributed by atoms with Crippen LogP contribution in [0.15, 0.2) is 30.3 Å². The van der Waals surface area contributed by atoms with E-state index < -0.39 is 33.2 Å². The molecule has 1 aliphatic rings. The third kappa shape index (κ3) is 5.53. The van der Waals surface area contributed by atoms with E-state index in [-0.39, 0.29) is 38.0 Å². The summed E-state index contributed by atoms with van der Waals surface area (Å²) in [5, 5.41) is 4.04. The Labute approximate surface area is 184 Å². The maximum atomic E-state index is 12.9. The first-order valence-corrected chi connectivity index (χ1v) is 11.3. The monoisotopic (exact) mass is 475 g/mol. The van der Waals surface area contributed by atoms with Crippen molar-refractivity contribution >= 4 is 16.2 Å². The summed E-state index contributed by atoms with van der Waals surface area (Å²) in [5.41, 5.74) is -4.76. The van der Waals surface area contributed by atoms with Crippen LogP contribution in [0.5, 0.6) is 5.88 Å². The van der Waals surface area contributed by atoms with Gasteiger partial charge in [-0.1, -0.05) is 30.3 Å². The van der Waals surface area contributed by atoms with Crippen molar-refractivity contribution in [2.45, 2.75) is 51.3 Å². The first-order valence-electron chi connectivity index (χ1n) is 9.88. The van der Waals surface area contributed by atoms with Crippen LogP contribution in [0.4, 0.5) is 18.0 Å². The molecule has 8 nitrogen and oxygen atoms in total. The van der Waals surface area contributed by atoms with E-state index in [0.717, 1.165) is 5.56 Å². The van der Waals surface area contributed by atoms with Gasteiger partial charge in [-0.15, -0.1) is 5.10 Å². The molecule has 0 spiro atoms. The molecule has 12 heteroatoms. The smallest absolute Gasteiger partial charge is 0.444 e. The van der Waals surface area contributed by atoms with Gasteiger partial charge in [0.05, 0.1) is 6.54 Å². The number of fused-ring (bicyclic) bond motifs is 1. The summed E-state index contributed by atoms with van der Waals surface area (Å²) in [6, 6.07) is 9.03. The Balaban J connectivity index is 1.93. The lowest BCUT2D eigenvalue weighted by Gasteiger charge is -2.26. The minimum absolute atomic E-state index is 0.0616. The number of amides is 1. The molecule has 0 saturated carbocycles. The lowest BCUT2D eigenvalue weighted by Crippen LogP contribution is -2.38. The zero-order valence-corrected chi connectivity index (χ0v) is 18.7. The largest absolute Gasteiger partial charge is 0.534 e. The van der Waals surface area contributed by atoms with Crippen LogP contribution in [0.1, 0.15) is 37.6 Å². The SMILES string of the molecule is CC(C)(C)OC(=O)N1CCc2c(OS(=O)(=O)C(F)(F)F)nn(Cc3ccccc3)c2CC1. The Bertz CT molecular complexity index is 1080. The fraction of sp³-hybridized carbons (Fsp3) is 0.500. The van der Waals surface area contributed by atoms with E-state index in [9.17, 15) is 26.4 Å². The Morgan fingerprint density at radius 1 is 1.09 bits per heavy atom. The minimum atomic E-state index is -5.89. The zero-order chi connectivity index (χ0) is 23.7. The number of rotatable bonds is 4. The van der Waals surface area contributed by atoms with Gasteiger partial charge in [-0.05, 0) is 32.8 Å². The molecule has 2 heterocycles. The van der Waals surface area contributed by atoms with Crippen LogP contribution in [0, 0.1) is 0 Å². The molecule has 0 radical (unpaired) electrons. The van der Waals surface area contributed by atoms with Gasteiger partial charge < -0.3 is 13.8 Å². The Hall–Kier alpha value is -2.76. The number of benzene rings is 1. The molecular formula is C20H24F3N3O5S. The highest BCUT2D eigenvalue weighted by Gasteiger charge is 2.49. The molecule has 1 aromatic carbocycles. The van der Waals surface area contributed by atoms with Gasteiger partial charge in [-0.25, -0.2) is 4.79 Å². The summed E-state index contributed by atoms with van der Waals surface area (Å²) in [6.07, 6.45) is -0.258. The second-order valence-corrected chi connectivity index (χ2v) is 9.86. The Kier molecular flexibility index (Phi) is 6.45. The minimum Gasteiger partial charge on any atom is -0.444 e. The van der Waals surface area contributed by atoms with Gasteiger partial charge in [0.2, 0.25) is 0 Å². The second kappa shape index (κ2) is 8.64. The number of alkyl halides is 3. The molecule has 176 valence electrons. The summed E-state index contributed by atoms with van der Waals surface area (Å²) in [4.78, 5) is 13.9. The highest BCUT2D eigenvalue weighted by Crippen LogP contribution is 2.32. The van der Waals surface area contributed by atoms with Crippen LogP contribution in [-0.4, -0.2) is 53.4 Å². The van der Waals surface area contributed by atoms with Gasteiger partial charge in [-0.2, -0.15) is 21.6 Å². The zero-order valence-electron chi connectivity index (χ0n) is 17.8. The van der Waals surface area contributed by atoms with Crippen LogP contribution in [-0.2, 0) is 34.2 Å². The molecule has 0 unspecified atom stereocenters. The van der Waals surface area contributed by atoms with E-state index in [1.54, 1.807) is 32.9 Å². The van der Waals surface area contributed by atoms with Crippen LogP contribution in [0.25, 0.3) is 0 Å². The summed E-state index contributed by atoms with van der Waals surface area (Å²) in [5.74, 6) is -0.626. The van der Waals surface area contributed by atoms with Gasteiger partial charge in [0.15, 0.2) is 0 Å². The average molecular weight is 475 g/mol. The first kappa shape index (κ1) is 23.9. The summed E-state index contributed by atoms with van der Waals surface area (Å²) >= 11 is 0. The van der Waals surface area contributed by atoms with Crippen molar-refractivity contribution in [1.29, 1.82) is 0 Å². The van der Waals surface area contributed by atoms with E-state index in [2.05, 4.69) is 9.28 Å². The molecule has 32 heavy (non-hydrogen) atoms. The molecule has 1 amide bonds. The third-order valence-corrected chi connectivity index (χ3v) is 5.62. The predicted molar refractivity (Wildman–Crippen MR) is 109 cm³/mol. The predicted octanol–water partition coefficient (Wildman–Crippen LogP) is 3.50. The molecule has 1 aliphatic heterocycles. The quantitative estimate of drug-likeness (QED) is 0.497. The van der Waals surface area contributed by atoms with Gasteiger partial charge in [0.1, 0.15) is 5.60 Å². The van der Waals surface area contributed by atoms with E-state index in [1.807, 2.05) is 18.2 Å². The highest BCUT2D eigenvalue weighted by atomic mass is 32.2. The van der Waals surface area contributed by atoms with Crippen molar-refractivity contribution < 1.29 is 35.3 Å². The standard InChI is InChI=1S/C20H24F3N3O5S/c1-19(2,3)30-18(27)25-11-9-15-16(10-12-25)26(13-14-7-5-4-6-8-14)24-17(15)31-32(28,29)20(21,22)23/h4-8H,9-13H2,1-3H3. The van der Waals surface area contributed by atoms with Crippen molar-refractivity contribution in [2.24, 2.45) is 0 Å². The van der Waals surface area contributed by atoms with Crippen molar-refractivity contribution in [1.82, 2.24) is 14.7 Å². The Morgan fingerprint density at radius 2 is 1.72 bits per heavy atom. The molecule has 0 bridgehead atoms. The van der Waals surface area contributed by atoms with Crippen LogP contribution >= 0.6 is 0 Å². The van der Waals surface area contributed by atoms with E-state index in [1.165, 1.54) is 9.58 Å². The van der Waals surface area contributed by atoms with E-state index in [0.29, 0.717) is 5.69 Å². The normalized spacial score (nSPS) is 15.1. The summed E-state index contributed by atoms with van der Waals surface area (Å²) in [6.45, 7) is 5.72. The second-order valence-electron chi connectivity index (χ2n) is 8.32. The third-order valence-electron chi connectivity index (χ3n) is 4.68. The molecule has 0 fully saturated rings. The van der Waals surface area contributed by atoms with Gasteiger partial charge in [0, 0.05) is 30.8 Å². The Morgan fingerprint density at radius 3 is 2.31 bits per heavy atom. The topological polar surface area (TPSA) is 90.7 Å². The molecule has 0 saturated heterocycles. The fourth-order valence-corrected chi connectivity index (χ4v) is 3.69. The average Bonchev–Trinajstić information content (AvgIpc) is 2.83. The number of nitrogens with zero attached hydrogens (tertiary/aromatic N) is 3. The molecule has 0 atom stereocenters. The number of carbonyl (C=O) groups excluding carboxylic acids is 1. The van der Waals surface area contributed by atoms with Crippen molar-refractivity contribution in [2.75, 3.05) is 13.1 Å². The number of ether oxygens (including phenoxy) is 1. The van der Waals surface area contributed by atoms with Crippen molar-refractivity contribution in [3.8, 4) is 5.88 Å². The fourth-order valence-electron chi connectivity index (χ4n) is 3.25. The number of halogens is 3. The van der Waals surface area contributed by atoms with E-state index in [4.69, 9.17) is 4.74 Å². The van der Waals surface area contributed by atoms with Crippen LogP contribution < -0.4 is 4.18 Å². The maximum absolute atomic E-state index is 12.9. The lowest BCUT2D eigenvalue weighted by atomic mass is 10.1. The highest BCUT2D eigenvalue weighted by molar-refractivity contribution is 7.87. The number of carbonyl (C=O) groups is 1. The molecular weight excluding hydrogens is 451 g/mol.